The van der Waals surface area contributed by atoms with Gasteiger partial charge in [0.2, 0.25) is 0 Å². The highest BCUT2D eigenvalue weighted by Crippen LogP contribution is 2.30. The Balaban J connectivity index is 1.63. The van der Waals surface area contributed by atoms with Gasteiger partial charge in [-0.2, -0.15) is 0 Å². The Kier molecular flexibility index (Phi) is 6.11. The summed E-state index contributed by atoms with van der Waals surface area (Å²) in [6.45, 7) is 6.99. The van der Waals surface area contributed by atoms with Gasteiger partial charge in [0.15, 0.2) is 5.13 Å². The summed E-state index contributed by atoms with van der Waals surface area (Å²) >= 11 is 1.39. The van der Waals surface area contributed by atoms with Crippen molar-refractivity contribution in [3.8, 4) is 5.75 Å². The molecule has 0 bridgehead atoms. The molecule has 0 radical (unpaired) electrons. The number of amides is 1. The second-order valence-corrected chi connectivity index (χ2v) is 7.67. The van der Waals surface area contributed by atoms with Gasteiger partial charge in [0, 0.05) is 12.1 Å². The maximum Gasteiger partial charge on any atom is 0.267 e. The highest BCUT2D eigenvalue weighted by molar-refractivity contribution is 7.17. The molecule has 1 aromatic heterocycles. The van der Waals surface area contributed by atoms with Crippen molar-refractivity contribution in [2.45, 2.75) is 26.7 Å². The predicted octanol–water partition coefficient (Wildman–Crippen LogP) is 3.43. The molecule has 2 aromatic rings. The van der Waals surface area contributed by atoms with Gasteiger partial charge >= 0.3 is 0 Å². The molecular formula is C19H26N4O2S. The Hall–Kier alpha value is -2.12. The lowest BCUT2D eigenvalue weighted by molar-refractivity contribution is 0.103. The molecule has 3 rings (SSSR count). The number of nitrogens with one attached hydrogen (secondary N) is 3. The van der Waals surface area contributed by atoms with E-state index in [1.165, 1.54) is 24.2 Å². The predicted molar refractivity (Wildman–Crippen MR) is 107 cm³/mol. The minimum atomic E-state index is -0.142. The van der Waals surface area contributed by atoms with Crippen LogP contribution in [0.1, 0.15) is 33.6 Å². The Labute approximate surface area is 158 Å². The number of piperidine rings is 1. The molecule has 1 amide bonds. The van der Waals surface area contributed by atoms with Crippen molar-refractivity contribution >= 4 is 28.1 Å². The highest BCUT2D eigenvalue weighted by Gasteiger charge is 2.17. The number of carbonyl (C=O) groups is 1. The van der Waals surface area contributed by atoms with Crippen molar-refractivity contribution in [3.63, 3.8) is 0 Å². The Morgan fingerprint density at radius 1 is 1.35 bits per heavy atom. The minimum absolute atomic E-state index is 0.142. The fourth-order valence-electron chi connectivity index (χ4n) is 3.19. The quantitative estimate of drug-likeness (QED) is 0.722. The molecule has 0 aliphatic carbocycles. The zero-order valence-corrected chi connectivity index (χ0v) is 16.3. The van der Waals surface area contributed by atoms with Crippen LogP contribution in [0.4, 0.5) is 10.8 Å². The summed E-state index contributed by atoms with van der Waals surface area (Å²) in [5.41, 5.74) is 2.73. The van der Waals surface area contributed by atoms with Crippen molar-refractivity contribution in [1.29, 1.82) is 0 Å². The van der Waals surface area contributed by atoms with Crippen molar-refractivity contribution < 1.29 is 9.53 Å². The van der Waals surface area contributed by atoms with E-state index in [4.69, 9.17) is 4.74 Å². The van der Waals surface area contributed by atoms with Crippen LogP contribution in [-0.4, -0.2) is 37.6 Å². The first-order chi connectivity index (χ1) is 12.6. The van der Waals surface area contributed by atoms with Crippen molar-refractivity contribution in [2.24, 2.45) is 5.92 Å². The van der Waals surface area contributed by atoms with Crippen LogP contribution in [0.15, 0.2) is 18.3 Å². The molecule has 0 saturated carbocycles. The van der Waals surface area contributed by atoms with Gasteiger partial charge in [-0.1, -0.05) is 17.4 Å². The third kappa shape index (κ3) is 4.34. The first-order valence-electron chi connectivity index (χ1n) is 8.94. The first-order valence-corrected chi connectivity index (χ1v) is 9.76. The third-order valence-corrected chi connectivity index (χ3v) is 5.77. The number of aryl methyl sites for hydroxylation is 1. The SMILES string of the molecule is COc1ccc(C)c(NC(=O)c2cnc(NCC3CCNCC3)s2)c1C. The van der Waals surface area contributed by atoms with Gasteiger partial charge in [-0.3, -0.25) is 4.79 Å². The molecule has 0 unspecified atom stereocenters. The summed E-state index contributed by atoms with van der Waals surface area (Å²) < 4.78 is 5.35. The molecule has 6 nitrogen and oxygen atoms in total. The lowest BCUT2D eigenvalue weighted by Gasteiger charge is -2.22. The second-order valence-electron chi connectivity index (χ2n) is 6.64. The van der Waals surface area contributed by atoms with Gasteiger partial charge in [-0.05, 0) is 57.3 Å². The van der Waals surface area contributed by atoms with Crippen molar-refractivity contribution in [3.05, 3.63) is 34.3 Å². The average molecular weight is 375 g/mol. The van der Waals surface area contributed by atoms with Crippen LogP contribution in [0.25, 0.3) is 0 Å². The number of thiazole rings is 1. The van der Waals surface area contributed by atoms with Crippen LogP contribution in [0.5, 0.6) is 5.75 Å². The number of methoxy groups -OCH3 is 1. The summed E-state index contributed by atoms with van der Waals surface area (Å²) in [5, 5.41) is 10.5. The van der Waals surface area contributed by atoms with E-state index < -0.39 is 0 Å². The molecule has 0 spiro atoms. The number of hydrogen-bond donors (Lipinski definition) is 3. The number of ether oxygens (including phenoxy) is 1. The lowest BCUT2D eigenvalue weighted by Crippen LogP contribution is -2.31. The lowest BCUT2D eigenvalue weighted by atomic mass is 9.98. The van der Waals surface area contributed by atoms with Crippen LogP contribution in [0.2, 0.25) is 0 Å². The van der Waals surface area contributed by atoms with E-state index in [1.54, 1.807) is 13.3 Å². The molecule has 7 heteroatoms. The maximum atomic E-state index is 12.6. The van der Waals surface area contributed by atoms with E-state index in [1.807, 2.05) is 26.0 Å². The number of hydrogen-bond acceptors (Lipinski definition) is 6. The van der Waals surface area contributed by atoms with Crippen molar-refractivity contribution in [1.82, 2.24) is 10.3 Å². The standard InChI is InChI=1S/C19H26N4O2S/c1-12-4-5-15(25-3)13(2)17(12)23-18(24)16-11-22-19(26-16)21-10-14-6-8-20-9-7-14/h4-5,11,14,20H,6-10H2,1-3H3,(H,21,22)(H,23,24). The van der Waals surface area contributed by atoms with E-state index in [2.05, 4.69) is 20.9 Å². The van der Waals surface area contributed by atoms with E-state index in [0.29, 0.717) is 10.8 Å². The summed E-state index contributed by atoms with van der Waals surface area (Å²) in [7, 11) is 1.63. The minimum Gasteiger partial charge on any atom is -0.496 e. The number of benzene rings is 1. The van der Waals surface area contributed by atoms with Gasteiger partial charge in [-0.25, -0.2) is 4.98 Å². The molecule has 140 valence electrons. The first kappa shape index (κ1) is 18.7. The van der Waals surface area contributed by atoms with Gasteiger partial charge in [0.05, 0.1) is 19.0 Å². The summed E-state index contributed by atoms with van der Waals surface area (Å²) in [6.07, 6.45) is 4.00. The van der Waals surface area contributed by atoms with E-state index in [9.17, 15) is 4.79 Å². The summed E-state index contributed by atoms with van der Waals surface area (Å²) in [4.78, 5) is 17.6. The maximum absolute atomic E-state index is 12.6. The van der Waals surface area contributed by atoms with Crippen LogP contribution in [0.3, 0.4) is 0 Å². The highest BCUT2D eigenvalue weighted by atomic mass is 32.1. The number of carbonyl (C=O) groups excluding carboxylic acids is 1. The normalized spacial score (nSPS) is 14.9. The monoisotopic (exact) mass is 374 g/mol. The zero-order chi connectivity index (χ0) is 18.5. The van der Waals surface area contributed by atoms with Crippen molar-refractivity contribution in [2.75, 3.05) is 37.4 Å². The zero-order valence-electron chi connectivity index (χ0n) is 15.5. The van der Waals surface area contributed by atoms with Crippen LogP contribution >= 0.6 is 11.3 Å². The van der Waals surface area contributed by atoms with Gasteiger partial charge in [0.25, 0.3) is 5.91 Å². The largest absolute Gasteiger partial charge is 0.496 e. The van der Waals surface area contributed by atoms with Crippen LogP contribution in [0, 0.1) is 19.8 Å². The molecule has 2 heterocycles. The summed E-state index contributed by atoms with van der Waals surface area (Å²) in [5.74, 6) is 1.29. The number of rotatable bonds is 6. The van der Waals surface area contributed by atoms with Gasteiger partial charge in [-0.15, -0.1) is 0 Å². The number of nitrogens with zero attached hydrogens (tertiary/aromatic N) is 1. The smallest absolute Gasteiger partial charge is 0.267 e. The molecule has 1 aliphatic rings. The van der Waals surface area contributed by atoms with E-state index in [-0.39, 0.29) is 5.91 Å². The molecule has 3 N–H and O–H groups in total. The molecule has 1 aromatic carbocycles. The molecular weight excluding hydrogens is 348 g/mol. The molecule has 26 heavy (non-hydrogen) atoms. The second kappa shape index (κ2) is 8.51. The fraction of sp³-hybridized carbons (Fsp3) is 0.474. The molecule has 1 saturated heterocycles. The molecule has 1 fully saturated rings. The fourth-order valence-corrected chi connectivity index (χ4v) is 3.91. The Morgan fingerprint density at radius 3 is 2.85 bits per heavy atom. The van der Waals surface area contributed by atoms with Gasteiger partial charge in [0.1, 0.15) is 10.6 Å². The van der Waals surface area contributed by atoms with Crippen LogP contribution in [-0.2, 0) is 0 Å². The topological polar surface area (TPSA) is 75.3 Å². The number of aromatic nitrogens is 1. The third-order valence-electron chi connectivity index (χ3n) is 4.81. The molecule has 0 atom stereocenters. The average Bonchev–Trinajstić information content (AvgIpc) is 3.13. The van der Waals surface area contributed by atoms with E-state index >= 15 is 0 Å². The molecule has 1 aliphatic heterocycles. The Bertz CT molecular complexity index is 769. The van der Waals surface area contributed by atoms with Crippen LogP contribution < -0.4 is 20.7 Å². The van der Waals surface area contributed by atoms with Gasteiger partial charge < -0.3 is 20.7 Å². The number of anilines is 2. The van der Waals surface area contributed by atoms with E-state index in [0.717, 1.165) is 47.3 Å². The Morgan fingerprint density at radius 2 is 2.12 bits per heavy atom. The summed E-state index contributed by atoms with van der Waals surface area (Å²) in [6, 6.07) is 3.86.